The van der Waals surface area contributed by atoms with E-state index in [9.17, 15) is 9.90 Å². The average molecular weight is 262 g/mol. The van der Waals surface area contributed by atoms with Gasteiger partial charge in [0.1, 0.15) is 11.4 Å². The highest BCUT2D eigenvalue weighted by Crippen LogP contribution is 2.22. The highest BCUT2D eigenvalue weighted by molar-refractivity contribution is 7.11. The molecule has 0 radical (unpaired) electrons. The van der Waals surface area contributed by atoms with E-state index >= 15 is 0 Å². The number of aromatic nitrogens is 1. The quantitative estimate of drug-likeness (QED) is 0.874. The van der Waals surface area contributed by atoms with Crippen molar-refractivity contribution in [3.63, 3.8) is 0 Å². The number of benzene rings is 1. The van der Waals surface area contributed by atoms with Crippen molar-refractivity contribution in [3.8, 4) is 5.75 Å². The van der Waals surface area contributed by atoms with Gasteiger partial charge in [-0.05, 0) is 32.4 Å². The minimum atomic E-state index is -0.250. The van der Waals surface area contributed by atoms with Gasteiger partial charge in [-0.15, -0.1) is 11.3 Å². The van der Waals surface area contributed by atoms with Gasteiger partial charge in [0.25, 0.3) is 5.91 Å². The summed E-state index contributed by atoms with van der Waals surface area (Å²) in [6.45, 7) is 5.53. The second-order valence-electron chi connectivity index (χ2n) is 4.09. The summed E-state index contributed by atoms with van der Waals surface area (Å²) < 4.78 is 0. The lowest BCUT2D eigenvalue weighted by Crippen LogP contribution is -2.13. The number of thiazole rings is 1. The zero-order valence-corrected chi connectivity index (χ0v) is 11.3. The molecule has 1 heterocycles. The van der Waals surface area contributed by atoms with Crippen LogP contribution in [0.25, 0.3) is 0 Å². The lowest BCUT2D eigenvalue weighted by molar-refractivity contribution is 0.102. The molecule has 2 rings (SSSR count). The first-order valence-electron chi connectivity index (χ1n) is 5.52. The monoisotopic (exact) mass is 262 g/mol. The van der Waals surface area contributed by atoms with Crippen molar-refractivity contribution < 1.29 is 9.90 Å². The molecule has 0 spiro atoms. The van der Waals surface area contributed by atoms with Crippen LogP contribution < -0.4 is 5.32 Å². The summed E-state index contributed by atoms with van der Waals surface area (Å²) >= 11 is 1.49. The predicted molar refractivity (Wildman–Crippen MR) is 72.4 cm³/mol. The van der Waals surface area contributed by atoms with E-state index in [0.717, 1.165) is 15.4 Å². The number of amides is 1. The van der Waals surface area contributed by atoms with Crippen LogP contribution in [0.15, 0.2) is 18.2 Å². The molecule has 1 amide bonds. The van der Waals surface area contributed by atoms with E-state index in [1.54, 1.807) is 19.1 Å². The fourth-order valence-corrected chi connectivity index (χ4v) is 2.43. The first-order valence-corrected chi connectivity index (χ1v) is 6.34. The number of rotatable bonds is 2. The van der Waals surface area contributed by atoms with Crippen LogP contribution in [0.3, 0.4) is 0 Å². The fourth-order valence-electron chi connectivity index (χ4n) is 1.62. The maximum absolute atomic E-state index is 12.0. The van der Waals surface area contributed by atoms with Crippen LogP contribution in [-0.4, -0.2) is 16.0 Å². The summed E-state index contributed by atoms with van der Waals surface area (Å²) in [6.07, 6.45) is 0. The zero-order valence-electron chi connectivity index (χ0n) is 10.4. The number of anilines is 1. The summed E-state index contributed by atoms with van der Waals surface area (Å²) in [6, 6.07) is 5.04. The van der Waals surface area contributed by atoms with Gasteiger partial charge in [0.2, 0.25) is 0 Å². The Balaban J connectivity index is 2.21. The number of nitrogens with one attached hydrogen (secondary N) is 1. The number of nitrogens with zero attached hydrogens (tertiary/aromatic N) is 1. The minimum Gasteiger partial charge on any atom is -0.508 e. The molecule has 1 aromatic heterocycles. The second-order valence-corrected chi connectivity index (χ2v) is 5.50. The topological polar surface area (TPSA) is 62.2 Å². The standard InChI is InChI=1S/C13H14N2O2S/c1-7-4-5-10(6-11(7)16)15-13(17)12-8(2)18-9(3)14-12/h4-6,16H,1-3H3,(H,15,17). The number of phenols is 1. The molecule has 5 heteroatoms. The Morgan fingerprint density at radius 2 is 2.06 bits per heavy atom. The molecule has 0 unspecified atom stereocenters. The van der Waals surface area contributed by atoms with Crippen LogP contribution in [0.5, 0.6) is 5.75 Å². The molecule has 0 bridgehead atoms. The highest BCUT2D eigenvalue weighted by atomic mass is 32.1. The van der Waals surface area contributed by atoms with E-state index in [4.69, 9.17) is 0 Å². The summed E-state index contributed by atoms with van der Waals surface area (Å²) in [7, 11) is 0. The van der Waals surface area contributed by atoms with E-state index in [0.29, 0.717) is 11.4 Å². The third-order valence-electron chi connectivity index (χ3n) is 2.59. The molecule has 0 saturated heterocycles. The van der Waals surface area contributed by atoms with E-state index in [-0.39, 0.29) is 11.7 Å². The lowest BCUT2D eigenvalue weighted by atomic mass is 10.2. The first kappa shape index (κ1) is 12.6. The summed E-state index contributed by atoms with van der Waals surface area (Å²) in [4.78, 5) is 17.1. The van der Waals surface area contributed by atoms with Crippen molar-refractivity contribution in [2.45, 2.75) is 20.8 Å². The summed E-state index contributed by atoms with van der Waals surface area (Å²) in [5.74, 6) is -0.0842. The number of hydrogen-bond acceptors (Lipinski definition) is 4. The van der Waals surface area contributed by atoms with Gasteiger partial charge in [-0.2, -0.15) is 0 Å². The van der Waals surface area contributed by atoms with Crippen molar-refractivity contribution in [2.75, 3.05) is 5.32 Å². The van der Waals surface area contributed by atoms with Crippen LogP contribution in [0.1, 0.15) is 25.9 Å². The molecule has 0 atom stereocenters. The normalized spacial score (nSPS) is 10.4. The van der Waals surface area contributed by atoms with Crippen molar-refractivity contribution in [1.82, 2.24) is 4.98 Å². The smallest absolute Gasteiger partial charge is 0.275 e. The molecular formula is C13H14N2O2S. The Hall–Kier alpha value is -1.88. The van der Waals surface area contributed by atoms with E-state index in [1.807, 2.05) is 13.8 Å². The molecule has 94 valence electrons. The number of aryl methyl sites for hydroxylation is 3. The third kappa shape index (κ3) is 2.51. The third-order valence-corrected chi connectivity index (χ3v) is 3.47. The molecule has 4 nitrogen and oxygen atoms in total. The van der Waals surface area contributed by atoms with E-state index < -0.39 is 0 Å². The molecule has 0 fully saturated rings. The Bertz CT molecular complexity index is 605. The van der Waals surface area contributed by atoms with Gasteiger partial charge in [0.05, 0.1) is 5.01 Å². The molecule has 0 saturated carbocycles. The summed E-state index contributed by atoms with van der Waals surface area (Å²) in [5, 5.41) is 13.2. The van der Waals surface area contributed by atoms with Crippen molar-refractivity contribution in [3.05, 3.63) is 39.3 Å². The SMILES string of the molecule is Cc1nc(C(=O)Nc2ccc(C)c(O)c2)c(C)s1. The van der Waals surface area contributed by atoms with Crippen molar-refractivity contribution in [2.24, 2.45) is 0 Å². The van der Waals surface area contributed by atoms with Gasteiger partial charge >= 0.3 is 0 Å². The second kappa shape index (κ2) is 4.78. The van der Waals surface area contributed by atoms with Gasteiger partial charge in [-0.1, -0.05) is 6.07 Å². The Labute approximate surface area is 109 Å². The maximum atomic E-state index is 12.0. The number of hydrogen-bond donors (Lipinski definition) is 2. The molecule has 1 aromatic carbocycles. The molecular weight excluding hydrogens is 248 g/mol. The highest BCUT2D eigenvalue weighted by Gasteiger charge is 2.14. The van der Waals surface area contributed by atoms with Crippen LogP contribution in [-0.2, 0) is 0 Å². The zero-order chi connectivity index (χ0) is 13.3. The Morgan fingerprint density at radius 3 is 2.61 bits per heavy atom. The van der Waals surface area contributed by atoms with E-state index in [2.05, 4.69) is 10.3 Å². The largest absolute Gasteiger partial charge is 0.508 e. The van der Waals surface area contributed by atoms with Gasteiger partial charge < -0.3 is 10.4 Å². The van der Waals surface area contributed by atoms with Crippen LogP contribution in [0.4, 0.5) is 5.69 Å². The Morgan fingerprint density at radius 1 is 1.33 bits per heavy atom. The molecule has 0 aliphatic carbocycles. The first-order chi connectivity index (χ1) is 8.47. The minimum absolute atomic E-state index is 0.166. The van der Waals surface area contributed by atoms with Crippen LogP contribution in [0, 0.1) is 20.8 Å². The maximum Gasteiger partial charge on any atom is 0.275 e. The van der Waals surface area contributed by atoms with Crippen LogP contribution in [0.2, 0.25) is 0 Å². The van der Waals surface area contributed by atoms with Gasteiger partial charge in [0, 0.05) is 16.6 Å². The molecule has 2 aromatic rings. The van der Waals surface area contributed by atoms with Crippen LogP contribution >= 0.6 is 11.3 Å². The van der Waals surface area contributed by atoms with E-state index in [1.165, 1.54) is 17.4 Å². The molecule has 0 aliphatic rings. The predicted octanol–water partition coefficient (Wildman–Crippen LogP) is 3.03. The lowest BCUT2D eigenvalue weighted by Gasteiger charge is -2.06. The van der Waals surface area contributed by atoms with Gasteiger partial charge in [0.15, 0.2) is 0 Å². The number of phenolic OH excluding ortho intramolecular Hbond substituents is 1. The fraction of sp³-hybridized carbons (Fsp3) is 0.231. The van der Waals surface area contributed by atoms with Gasteiger partial charge in [-0.3, -0.25) is 4.79 Å². The summed E-state index contributed by atoms with van der Waals surface area (Å²) in [5.41, 5.74) is 1.78. The number of aromatic hydroxyl groups is 1. The van der Waals surface area contributed by atoms with Gasteiger partial charge in [-0.25, -0.2) is 4.98 Å². The van der Waals surface area contributed by atoms with Crippen molar-refractivity contribution in [1.29, 1.82) is 0 Å². The average Bonchev–Trinajstić information content (AvgIpc) is 2.63. The molecule has 18 heavy (non-hydrogen) atoms. The number of carbonyl (C=O) groups is 1. The van der Waals surface area contributed by atoms with Crippen molar-refractivity contribution >= 4 is 22.9 Å². The number of carbonyl (C=O) groups excluding carboxylic acids is 1. The molecule has 0 aliphatic heterocycles. The molecule has 2 N–H and O–H groups in total. The Kier molecular flexibility index (Phi) is 3.34.